The first-order valence-electron chi connectivity index (χ1n) is 6.08. The average molecular weight is 319 g/mol. The van der Waals surface area contributed by atoms with Crippen LogP contribution in [0.25, 0.3) is 0 Å². The summed E-state index contributed by atoms with van der Waals surface area (Å²) in [5, 5.41) is 8.75. The van der Waals surface area contributed by atoms with Gasteiger partial charge in [-0.3, -0.25) is 4.79 Å². The molecule has 0 saturated carbocycles. The lowest BCUT2D eigenvalue weighted by molar-refractivity contribution is -0.136. The zero-order valence-electron chi connectivity index (χ0n) is 12.2. The maximum Gasteiger partial charge on any atom is 0.307 e. The molecule has 1 rings (SSSR count). The minimum Gasteiger partial charge on any atom is -0.492 e. The van der Waals surface area contributed by atoms with E-state index in [1.54, 1.807) is 20.8 Å². The summed E-state index contributed by atoms with van der Waals surface area (Å²) in [7, 11) is -2.91. The van der Waals surface area contributed by atoms with Crippen LogP contribution in [-0.4, -0.2) is 32.1 Å². The number of hydrogen-bond acceptors (Lipinski definition) is 4. The minimum atomic E-state index is -4.05. The summed E-state index contributed by atoms with van der Waals surface area (Å²) in [4.78, 5) is 10.3. The highest BCUT2D eigenvalue weighted by Gasteiger charge is 2.28. The van der Waals surface area contributed by atoms with Gasteiger partial charge in [0, 0.05) is 5.54 Å². The standard InChI is InChI=1S/C13H18FNO5S/c1-13(2,3)15-21(18,19)10-6-8(7-11(16)17)5-9(14)12(10)20-4/h5-6,15H,7H2,1-4H3,(H,16,17). The van der Waals surface area contributed by atoms with E-state index in [4.69, 9.17) is 9.84 Å². The van der Waals surface area contributed by atoms with Crippen LogP contribution in [-0.2, 0) is 21.2 Å². The highest BCUT2D eigenvalue weighted by atomic mass is 32.2. The average Bonchev–Trinajstić information content (AvgIpc) is 2.23. The summed E-state index contributed by atoms with van der Waals surface area (Å²) in [6.45, 7) is 4.90. The number of sulfonamides is 1. The largest absolute Gasteiger partial charge is 0.492 e. The Bertz CT molecular complexity index is 649. The molecule has 0 aliphatic rings. The molecule has 0 bridgehead atoms. The number of methoxy groups -OCH3 is 1. The van der Waals surface area contributed by atoms with E-state index in [1.807, 2.05) is 0 Å². The molecule has 0 atom stereocenters. The highest BCUT2D eigenvalue weighted by molar-refractivity contribution is 7.89. The van der Waals surface area contributed by atoms with E-state index in [0.717, 1.165) is 19.2 Å². The van der Waals surface area contributed by atoms with Crippen LogP contribution in [0.3, 0.4) is 0 Å². The topological polar surface area (TPSA) is 92.7 Å². The number of hydrogen-bond donors (Lipinski definition) is 2. The molecule has 118 valence electrons. The van der Waals surface area contributed by atoms with Crippen molar-refractivity contribution >= 4 is 16.0 Å². The third-order valence-electron chi connectivity index (χ3n) is 2.36. The molecule has 1 aromatic rings. The fraction of sp³-hybridized carbons (Fsp3) is 0.462. The molecule has 0 aliphatic heterocycles. The number of benzene rings is 1. The van der Waals surface area contributed by atoms with Crippen LogP contribution in [0.5, 0.6) is 5.75 Å². The summed E-state index contributed by atoms with van der Waals surface area (Å²) >= 11 is 0. The Labute approximate surface area is 123 Å². The predicted molar refractivity (Wildman–Crippen MR) is 74.4 cm³/mol. The molecule has 0 radical (unpaired) electrons. The van der Waals surface area contributed by atoms with Gasteiger partial charge in [0.15, 0.2) is 11.6 Å². The molecule has 6 nitrogen and oxygen atoms in total. The van der Waals surface area contributed by atoms with Crippen LogP contribution < -0.4 is 9.46 Å². The minimum absolute atomic E-state index is 0.0371. The lowest BCUT2D eigenvalue weighted by atomic mass is 10.1. The quantitative estimate of drug-likeness (QED) is 0.859. The van der Waals surface area contributed by atoms with Gasteiger partial charge in [0.25, 0.3) is 0 Å². The van der Waals surface area contributed by atoms with Crippen molar-refractivity contribution in [3.05, 3.63) is 23.5 Å². The fourth-order valence-corrected chi connectivity index (χ4v) is 3.40. The first kappa shape index (κ1) is 17.4. The van der Waals surface area contributed by atoms with Crippen molar-refractivity contribution < 1.29 is 27.4 Å². The third-order valence-corrected chi connectivity index (χ3v) is 4.12. The van der Waals surface area contributed by atoms with Crippen molar-refractivity contribution in [3.8, 4) is 5.75 Å². The molecule has 8 heteroatoms. The van der Waals surface area contributed by atoms with E-state index >= 15 is 0 Å². The van der Waals surface area contributed by atoms with Gasteiger partial charge in [-0.1, -0.05) is 0 Å². The van der Waals surface area contributed by atoms with Crippen LogP contribution in [0.2, 0.25) is 0 Å². The molecule has 0 heterocycles. The number of carboxylic acid groups (broad SMARTS) is 1. The number of rotatable bonds is 5. The van der Waals surface area contributed by atoms with Crippen molar-refractivity contribution in [1.82, 2.24) is 4.72 Å². The van der Waals surface area contributed by atoms with E-state index in [1.165, 1.54) is 0 Å². The number of carboxylic acids is 1. The van der Waals surface area contributed by atoms with Crippen LogP contribution in [0.15, 0.2) is 17.0 Å². The van der Waals surface area contributed by atoms with Crippen LogP contribution in [0.4, 0.5) is 4.39 Å². The Kier molecular flexibility index (Phi) is 4.95. The molecule has 0 spiro atoms. The first-order valence-corrected chi connectivity index (χ1v) is 7.57. The summed E-state index contributed by atoms with van der Waals surface area (Å²) < 4.78 is 45.7. The van der Waals surface area contributed by atoms with E-state index < -0.39 is 44.4 Å². The Hall–Kier alpha value is -1.67. The third kappa shape index (κ3) is 4.68. The molecule has 0 unspecified atom stereocenters. The maximum absolute atomic E-state index is 13.9. The number of carbonyl (C=O) groups is 1. The molecule has 0 fully saturated rings. The fourth-order valence-electron chi connectivity index (χ4n) is 1.75. The zero-order valence-corrected chi connectivity index (χ0v) is 13.0. The number of aliphatic carboxylic acids is 1. The zero-order chi connectivity index (χ0) is 16.4. The van der Waals surface area contributed by atoms with E-state index in [-0.39, 0.29) is 5.56 Å². The highest BCUT2D eigenvalue weighted by Crippen LogP contribution is 2.29. The Morgan fingerprint density at radius 2 is 1.95 bits per heavy atom. The Morgan fingerprint density at radius 3 is 2.38 bits per heavy atom. The Morgan fingerprint density at radius 1 is 1.38 bits per heavy atom. The molecular formula is C13H18FNO5S. The number of ether oxygens (including phenoxy) is 1. The second-order valence-electron chi connectivity index (χ2n) is 5.54. The summed E-state index contributed by atoms with van der Waals surface area (Å²) in [5.41, 5.74) is -0.738. The molecule has 2 N–H and O–H groups in total. The smallest absolute Gasteiger partial charge is 0.307 e. The SMILES string of the molecule is COc1c(F)cc(CC(=O)O)cc1S(=O)(=O)NC(C)(C)C. The lowest BCUT2D eigenvalue weighted by Gasteiger charge is -2.21. The normalized spacial score (nSPS) is 12.2. The van der Waals surface area contributed by atoms with Crippen molar-refractivity contribution in [2.24, 2.45) is 0 Å². The van der Waals surface area contributed by atoms with Crippen molar-refractivity contribution in [2.45, 2.75) is 37.6 Å². The summed E-state index contributed by atoms with van der Waals surface area (Å²) in [6, 6.07) is 2.05. The van der Waals surface area contributed by atoms with Gasteiger partial charge in [0.05, 0.1) is 13.5 Å². The van der Waals surface area contributed by atoms with Gasteiger partial charge < -0.3 is 9.84 Å². The van der Waals surface area contributed by atoms with Crippen molar-refractivity contribution in [3.63, 3.8) is 0 Å². The molecule has 0 amide bonds. The summed E-state index contributed by atoms with van der Waals surface area (Å²) in [5.74, 6) is -2.56. The molecule has 0 aromatic heterocycles. The van der Waals surface area contributed by atoms with Gasteiger partial charge in [0.1, 0.15) is 4.90 Å². The van der Waals surface area contributed by atoms with Gasteiger partial charge in [-0.15, -0.1) is 0 Å². The second kappa shape index (κ2) is 5.98. The molecule has 1 aromatic carbocycles. The predicted octanol–water partition coefficient (Wildman–Crippen LogP) is 1.54. The maximum atomic E-state index is 13.9. The van der Waals surface area contributed by atoms with E-state index in [0.29, 0.717) is 0 Å². The van der Waals surface area contributed by atoms with Crippen molar-refractivity contribution in [1.29, 1.82) is 0 Å². The monoisotopic (exact) mass is 319 g/mol. The second-order valence-corrected chi connectivity index (χ2v) is 7.19. The lowest BCUT2D eigenvalue weighted by Crippen LogP contribution is -2.40. The number of halogens is 1. The summed E-state index contributed by atoms with van der Waals surface area (Å²) in [6.07, 6.45) is -0.487. The van der Waals surface area contributed by atoms with Gasteiger partial charge in [-0.05, 0) is 38.5 Å². The van der Waals surface area contributed by atoms with Crippen LogP contribution >= 0.6 is 0 Å². The Balaban J connectivity index is 3.45. The van der Waals surface area contributed by atoms with E-state index in [9.17, 15) is 17.6 Å². The first-order chi connectivity index (χ1) is 9.46. The molecule has 0 saturated heterocycles. The molecular weight excluding hydrogens is 301 g/mol. The van der Waals surface area contributed by atoms with Crippen LogP contribution in [0.1, 0.15) is 26.3 Å². The van der Waals surface area contributed by atoms with Gasteiger partial charge in [-0.2, -0.15) is 0 Å². The molecule has 0 aliphatic carbocycles. The van der Waals surface area contributed by atoms with Gasteiger partial charge in [0.2, 0.25) is 10.0 Å². The van der Waals surface area contributed by atoms with Gasteiger partial charge >= 0.3 is 5.97 Å². The van der Waals surface area contributed by atoms with E-state index in [2.05, 4.69) is 4.72 Å². The molecule has 21 heavy (non-hydrogen) atoms. The van der Waals surface area contributed by atoms with Crippen molar-refractivity contribution in [2.75, 3.05) is 7.11 Å². The van der Waals surface area contributed by atoms with Crippen LogP contribution in [0, 0.1) is 5.82 Å². The number of nitrogens with one attached hydrogen (secondary N) is 1. The van der Waals surface area contributed by atoms with Gasteiger partial charge in [-0.25, -0.2) is 17.5 Å².